The third kappa shape index (κ3) is 3.97. The van der Waals surface area contributed by atoms with Gasteiger partial charge >= 0.3 is 5.97 Å². The molecule has 0 atom stereocenters. The molecule has 0 unspecified atom stereocenters. The number of nitrogens with zero attached hydrogens (tertiary/aromatic N) is 4. The lowest BCUT2D eigenvalue weighted by molar-refractivity contribution is 0.0532. The van der Waals surface area contributed by atoms with Gasteiger partial charge in [-0.15, -0.1) is 0 Å². The van der Waals surface area contributed by atoms with Crippen LogP contribution in [0.15, 0.2) is 36.8 Å². The molecule has 0 aliphatic rings. The zero-order valence-corrected chi connectivity index (χ0v) is 14.7. The average Bonchev–Trinajstić information content (AvgIpc) is 3.06. The van der Waals surface area contributed by atoms with Crippen LogP contribution in [0.4, 0.5) is 5.13 Å². The molecule has 0 bridgehead atoms. The fraction of sp³-hybridized carbons (Fsp3) is 0.235. The first-order valence-corrected chi connectivity index (χ1v) is 8.60. The predicted octanol–water partition coefficient (Wildman–Crippen LogP) is 3.09. The van der Waals surface area contributed by atoms with E-state index in [0.29, 0.717) is 40.4 Å². The van der Waals surface area contributed by atoms with Gasteiger partial charge in [-0.25, -0.2) is 19.7 Å². The van der Waals surface area contributed by atoms with Gasteiger partial charge in [0.2, 0.25) is 0 Å². The van der Waals surface area contributed by atoms with Crippen molar-refractivity contribution in [1.82, 2.24) is 19.9 Å². The Kier molecular flexibility index (Phi) is 5.30. The van der Waals surface area contributed by atoms with Crippen LogP contribution in [0.1, 0.15) is 28.0 Å². The molecule has 128 valence electrons. The second kappa shape index (κ2) is 7.80. The number of anilines is 1. The van der Waals surface area contributed by atoms with Gasteiger partial charge in [0.25, 0.3) is 0 Å². The van der Waals surface area contributed by atoms with E-state index in [1.54, 1.807) is 31.6 Å². The summed E-state index contributed by atoms with van der Waals surface area (Å²) < 4.78 is 5.16. The molecule has 3 rings (SSSR count). The van der Waals surface area contributed by atoms with Crippen molar-refractivity contribution in [3.63, 3.8) is 0 Å². The number of nitrogens with one attached hydrogen (secondary N) is 1. The van der Waals surface area contributed by atoms with Crippen LogP contribution in [-0.4, -0.2) is 32.5 Å². The van der Waals surface area contributed by atoms with E-state index < -0.39 is 5.97 Å². The molecule has 0 amide bonds. The highest BCUT2D eigenvalue weighted by Crippen LogP contribution is 2.32. The maximum atomic E-state index is 12.3. The first-order valence-electron chi connectivity index (χ1n) is 7.78. The van der Waals surface area contributed by atoms with Gasteiger partial charge in [0.1, 0.15) is 16.4 Å². The Morgan fingerprint density at radius 1 is 1.16 bits per heavy atom. The topological polar surface area (TPSA) is 89.9 Å². The van der Waals surface area contributed by atoms with E-state index in [1.165, 1.54) is 11.3 Å². The highest BCUT2D eigenvalue weighted by molar-refractivity contribution is 7.17. The lowest BCUT2D eigenvalue weighted by Gasteiger charge is -2.04. The molecule has 0 radical (unpaired) electrons. The van der Waals surface area contributed by atoms with Crippen molar-refractivity contribution >= 4 is 22.4 Å². The maximum absolute atomic E-state index is 12.3. The minimum absolute atomic E-state index is 0.304. The lowest BCUT2D eigenvalue weighted by Crippen LogP contribution is -2.04. The molecule has 0 aliphatic carbocycles. The summed E-state index contributed by atoms with van der Waals surface area (Å²) in [6, 6.07) is 5.54. The number of aryl methyl sites for hydroxylation is 1. The number of hydrogen-bond donors (Lipinski definition) is 1. The van der Waals surface area contributed by atoms with E-state index in [-0.39, 0.29) is 0 Å². The predicted molar refractivity (Wildman–Crippen MR) is 95.4 cm³/mol. The Morgan fingerprint density at radius 2 is 1.92 bits per heavy atom. The van der Waals surface area contributed by atoms with Crippen LogP contribution in [0.5, 0.6) is 0 Å². The number of thiazole rings is 1. The van der Waals surface area contributed by atoms with Crippen molar-refractivity contribution in [1.29, 1.82) is 0 Å². The number of aromatic nitrogens is 4. The Labute approximate surface area is 149 Å². The largest absolute Gasteiger partial charge is 0.462 e. The quantitative estimate of drug-likeness (QED) is 0.680. The third-order valence-corrected chi connectivity index (χ3v) is 4.33. The molecule has 25 heavy (non-hydrogen) atoms. The summed E-state index contributed by atoms with van der Waals surface area (Å²) in [6.45, 7) is 4.42. The molecule has 0 saturated heterocycles. The van der Waals surface area contributed by atoms with Crippen LogP contribution in [-0.2, 0) is 11.3 Å². The molecule has 3 heterocycles. The number of rotatable bonds is 6. The molecule has 0 saturated carbocycles. The minimum atomic E-state index is -0.399. The standard InChI is InChI=1S/C17H17N5O2S/c1-3-24-16(23)15-14(13-11(2)6-4-7-20-13)22-17(25-15)21-10-12-18-8-5-9-19-12/h4-9H,3,10H2,1-2H3,(H,21,22). The molecule has 1 N–H and O–H groups in total. The number of hydrogen-bond acceptors (Lipinski definition) is 8. The molecule has 8 heteroatoms. The molecular weight excluding hydrogens is 338 g/mol. The van der Waals surface area contributed by atoms with Gasteiger partial charge in [0.15, 0.2) is 5.13 Å². The molecule has 0 aliphatic heterocycles. The van der Waals surface area contributed by atoms with Gasteiger partial charge in [-0.2, -0.15) is 0 Å². The van der Waals surface area contributed by atoms with E-state index in [4.69, 9.17) is 4.74 Å². The Morgan fingerprint density at radius 3 is 2.64 bits per heavy atom. The van der Waals surface area contributed by atoms with Gasteiger partial charge in [0, 0.05) is 18.6 Å². The summed E-state index contributed by atoms with van der Waals surface area (Å²) >= 11 is 1.24. The molecule has 0 spiro atoms. The zero-order chi connectivity index (χ0) is 17.6. The summed E-state index contributed by atoms with van der Waals surface area (Å²) in [5.41, 5.74) is 2.14. The van der Waals surface area contributed by atoms with Crippen LogP contribution in [0, 0.1) is 6.92 Å². The van der Waals surface area contributed by atoms with Gasteiger partial charge < -0.3 is 10.1 Å². The van der Waals surface area contributed by atoms with Crippen molar-refractivity contribution in [2.75, 3.05) is 11.9 Å². The van der Waals surface area contributed by atoms with Crippen LogP contribution >= 0.6 is 11.3 Å². The van der Waals surface area contributed by atoms with Crippen LogP contribution in [0.25, 0.3) is 11.4 Å². The fourth-order valence-electron chi connectivity index (χ4n) is 2.20. The maximum Gasteiger partial charge on any atom is 0.350 e. The summed E-state index contributed by atoms with van der Waals surface area (Å²) in [4.78, 5) is 30.0. The average molecular weight is 355 g/mol. The Bertz CT molecular complexity index is 866. The molecule has 3 aromatic heterocycles. The van der Waals surface area contributed by atoms with Crippen molar-refractivity contribution in [2.45, 2.75) is 20.4 Å². The summed E-state index contributed by atoms with van der Waals surface area (Å²) in [7, 11) is 0. The Hall–Kier alpha value is -2.87. The normalized spacial score (nSPS) is 10.5. The van der Waals surface area contributed by atoms with Gasteiger partial charge in [0.05, 0.1) is 18.8 Å². The Balaban J connectivity index is 1.91. The third-order valence-electron chi connectivity index (χ3n) is 3.34. The SMILES string of the molecule is CCOC(=O)c1sc(NCc2ncccn2)nc1-c1ncccc1C. The first-order chi connectivity index (χ1) is 12.2. The molecule has 3 aromatic rings. The summed E-state index contributed by atoms with van der Waals surface area (Å²) in [5, 5.41) is 3.75. The van der Waals surface area contributed by atoms with E-state index in [1.807, 2.05) is 19.1 Å². The summed E-state index contributed by atoms with van der Waals surface area (Å²) in [5.74, 6) is 0.245. The summed E-state index contributed by atoms with van der Waals surface area (Å²) in [6.07, 6.45) is 5.04. The second-order valence-electron chi connectivity index (χ2n) is 5.10. The first kappa shape index (κ1) is 17.0. The number of ether oxygens (including phenoxy) is 1. The fourth-order valence-corrected chi connectivity index (χ4v) is 3.06. The lowest BCUT2D eigenvalue weighted by atomic mass is 10.1. The van der Waals surface area contributed by atoms with E-state index in [0.717, 1.165) is 5.56 Å². The zero-order valence-electron chi connectivity index (χ0n) is 13.9. The number of carbonyl (C=O) groups excluding carboxylic acids is 1. The van der Waals surface area contributed by atoms with E-state index >= 15 is 0 Å². The minimum Gasteiger partial charge on any atom is -0.462 e. The van der Waals surface area contributed by atoms with Crippen molar-refractivity contribution in [3.05, 3.63) is 53.1 Å². The van der Waals surface area contributed by atoms with Crippen molar-refractivity contribution in [2.24, 2.45) is 0 Å². The van der Waals surface area contributed by atoms with Gasteiger partial charge in [-0.1, -0.05) is 17.4 Å². The van der Waals surface area contributed by atoms with Crippen molar-refractivity contribution in [3.8, 4) is 11.4 Å². The smallest absolute Gasteiger partial charge is 0.350 e. The highest BCUT2D eigenvalue weighted by atomic mass is 32.1. The van der Waals surface area contributed by atoms with Crippen LogP contribution in [0.2, 0.25) is 0 Å². The number of esters is 1. The van der Waals surface area contributed by atoms with Crippen molar-refractivity contribution < 1.29 is 9.53 Å². The monoisotopic (exact) mass is 355 g/mol. The number of pyridine rings is 1. The number of carbonyl (C=O) groups is 1. The van der Waals surface area contributed by atoms with Crippen LogP contribution < -0.4 is 5.32 Å². The van der Waals surface area contributed by atoms with Crippen LogP contribution in [0.3, 0.4) is 0 Å². The van der Waals surface area contributed by atoms with E-state index in [2.05, 4.69) is 25.3 Å². The van der Waals surface area contributed by atoms with Gasteiger partial charge in [-0.3, -0.25) is 4.98 Å². The molecule has 0 fully saturated rings. The molecular formula is C17H17N5O2S. The molecule has 7 nitrogen and oxygen atoms in total. The molecule has 0 aromatic carbocycles. The van der Waals surface area contributed by atoms with E-state index in [9.17, 15) is 4.79 Å². The second-order valence-corrected chi connectivity index (χ2v) is 6.10. The van der Waals surface area contributed by atoms with Gasteiger partial charge in [-0.05, 0) is 31.5 Å². The highest BCUT2D eigenvalue weighted by Gasteiger charge is 2.22.